The predicted octanol–water partition coefficient (Wildman–Crippen LogP) is 4.72. The van der Waals surface area contributed by atoms with Crippen molar-refractivity contribution in [2.24, 2.45) is 0 Å². The lowest BCUT2D eigenvalue weighted by molar-refractivity contribution is -0.0512. The summed E-state index contributed by atoms with van der Waals surface area (Å²) >= 11 is 3.32. The summed E-state index contributed by atoms with van der Waals surface area (Å²) in [7, 11) is 1.36. The molecule has 0 aromatic heterocycles. The molecule has 1 aliphatic rings. The molecule has 1 heterocycles. The van der Waals surface area contributed by atoms with Gasteiger partial charge in [-0.2, -0.15) is 8.78 Å². The SMILES string of the molecule is COc1ccc(/C=C2\COc3ccc(Br)cc3C2=O)cc1OC(F)F. The van der Waals surface area contributed by atoms with E-state index in [4.69, 9.17) is 9.47 Å². The number of methoxy groups -OCH3 is 1. The molecule has 0 N–H and O–H groups in total. The quantitative estimate of drug-likeness (QED) is 0.684. The van der Waals surface area contributed by atoms with E-state index in [1.54, 1.807) is 30.3 Å². The zero-order chi connectivity index (χ0) is 18.0. The van der Waals surface area contributed by atoms with Crippen LogP contribution < -0.4 is 14.2 Å². The molecular formula is C18H13BrF2O4. The van der Waals surface area contributed by atoms with E-state index in [0.717, 1.165) is 4.47 Å². The number of rotatable bonds is 4. The minimum absolute atomic E-state index is 0.0980. The smallest absolute Gasteiger partial charge is 0.387 e. The number of carbonyl (C=O) groups is 1. The summed E-state index contributed by atoms with van der Waals surface area (Å²) in [4.78, 5) is 12.6. The second-order valence-electron chi connectivity index (χ2n) is 5.22. The summed E-state index contributed by atoms with van der Waals surface area (Å²) in [6, 6.07) is 9.73. The summed E-state index contributed by atoms with van der Waals surface area (Å²) in [5.41, 5.74) is 1.39. The summed E-state index contributed by atoms with van der Waals surface area (Å²) in [6.07, 6.45) is 1.59. The largest absolute Gasteiger partial charge is 0.493 e. The minimum Gasteiger partial charge on any atom is -0.493 e. The van der Waals surface area contributed by atoms with Gasteiger partial charge in [0.15, 0.2) is 17.3 Å². The molecule has 2 aromatic rings. The van der Waals surface area contributed by atoms with Crippen molar-refractivity contribution in [1.29, 1.82) is 0 Å². The Hall–Kier alpha value is -2.41. The molecule has 0 amide bonds. The maximum absolute atomic E-state index is 12.6. The number of alkyl halides is 2. The highest BCUT2D eigenvalue weighted by Gasteiger charge is 2.23. The number of ketones is 1. The normalized spacial score (nSPS) is 15.1. The first-order valence-corrected chi connectivity index (χ1v) is 8.07. The van der Waals surface area contributed by atoms with Crippen LogP contribution in [0.3, 0.4) is 0 Å². The van der Waals surface area contributed by atoms with Gasteiger partial charge in [-0.05, 0) is 42.0 Å². The van der Waals surface area contributed by atoms with Crippen LogP contribution in [-0.4, -0.2) is 26.1 Å². The molecule has 0 bridgehead atoms. The summed E-state index contributed by atoms with van der Waals surface area (Å²) < 4.78 is 40.8. The molecule has 7 heteroatoms. The zero-order valence-corrected chi connectivity index (χ0v) is 14.7. The highest BCUT2D eigenvalue weighted by atomic mass is 79.9. The number of hydrogen-bond donors (Lipinski definition) is 0. The lowest BCUT2D eigenvalue weighted by atomic mass is 9.98. The van der Waals surface area contributed by atoms with Crippen molar-refractivity contribution in [3.8, 4) is 17.2 Å². The molecule has 0 aliphatic carbocycles. The Morgan fingerprint density at radius 1 is 1.20 bits per heavy atom. The summed E-state index contributed by atoms with van der Waals surface area (Å²) in [5.74, 6) is 0.429. The lowest BCUT2D eigenvalue weighted by Gasteiger charge is -2.19. The highest BCUT2D eigenvalue weighted by molar-refractivity contribution is 9.10. The van der Waals surface area contributed by atoms with E-state index in [1.807, 2.05) is 0 Å². The molecule has 130 valence electrons. The average molecular weight is 411 g/mol. The van der Waals surface area contributed by atoms with Gasteiger partial charge in [0.05, 0.1) is 12.7 Å². The van der Waals surface area contributed by atoms with Gasteiger partial charge in [0.1, 0.15) is 12.4 Å². The fourth-order valence-corrected chi connectivity index (χ4v) is 2.84. The number of Topliss-reactive ketones (excluding diaryl/α,β-unsaturated/α-hetero) is 1. The number of fused-ring (bicyclic) bond motifs is 1. The first-order valence-electron chi connectivity index (χ1n) is 7.28. The van der Waals surface area contributed by atoms with Crippen molar-refractivity contribution in [1.82, 2.24) is 0 Å². The Balaban J connectivity index is 1.94. The number of halogens is 3. The van der Waals surface area contributed by atoms with Crippen molar-refractivity contribution >= 4 is 27.8 Å². The number of carbonyl (C=O) groups excluding carboxylic acids is 1. The van der Waals surface area contributed by atoms with Crippen LogP contribution >= 0.6 is 15.9 Å². The first kappa shape index (κ1) is 17.4. The first-order chi connectivity index (χ1) is 12.0. The topological polar surface area (TPSA) is 44.8 Å². The van der Waals surface area contributed by atoms with E-state index in [2.05, 4.69) is 20.7 Å². The van der Waals surface area contributed by atoms with Gasteiger partial charge >= 0.3 is 6.61 Å². The Morgan fingerprint density at radius 2 is 2.00 bits per heavy atom. The van der Waals surface area contributed by atoms with Crippen LogP contribution in [0.25, 0.3) is 6.08 Å². The molecule has 0 radical (unpaired) electrons. The van der Waals surface area contributed by atoms with E-state index in [0.29, 0.717) is 22.4 Å². The second kappa shape index (κ2) is 7.23. The van der Waals surface area contributed by atoms with Crippen molar-refractivity contribution < 1.29 is 27.8 Å². The predicted molar refractivity (Wildman–Crippen MR) is 91.6 cm³/mol. The van der Waals surface area contributed by atoms with Gasteiger partial charge in [-0.15, -0.1) is 0 Å². The molecule has 3 rings (SSSR count). The summed E-state index contributed by atoms with van der Waals surface area (Å²) in [6.45, 7) is -2.87. The molecule has 0 fully saturated rings. The van der Waals surface area contributed by atoms with E-state index in [9.17, 15) is 13.6 Å². The highest BCUT2D eigenvalue weighted by Crippen LogP contribution is 2.33. The van der Waals surface area contributed by atoms with Crippen molar-refractivity contribution in [2.75, 3.05) is 13.7 Å². The summed E-state index contributed by atoms with van der Waals surface area (Å²) in [5, 5.41) is 0. The van der Waals surface area contributed by atoms with E-state index in [1.165, 1.54) is 19.2 Å². The number of hydrogen-bond acceptors (Lipinski definition) is 4. The number of ether oxygens (including phenoxy) is 3. The molecule has 0 unspecified atom stereocenters. The van der Waals surface area contributed by atoms with Crippen LogP contribution in [0.5, 0.6) is 17.2 Å². The van der Waals surface area contributed by atoms with Crippen LogP contribution in [0.1, 0.15) is 15.9 Å². The third-order valence-electron chi connectivity index (χ3n) is 3.61. The van der Waals surface area contributed by atoms with E-state index in [-0.39, 0.29) is 23.9 Å². The second-order valence-corrected chi connectivity index (χ2v) is 6.13. The van der Waals surface area contributed by atoms with E-state index < -0.39 is 6.61 Å². The van der Waals surface area contributed by atoms with Gasteiger partial charge in [-0.3, -0.25) is 4.79 Å². The molecule has 25 heavy (non-hydrogen) atoms. The van der Waals surface area contributed by atoms with Crippen LogP contribution in [0.15, 0.2) is 46.4 Å². The molecule has 1 aliphatic heterocycles. The van der Waals surface area contributed by atoms with Crippen molar-refractivity contribution in [3.05, 3.63) is 57.6 Å². The molecule has 0 saturated heterocycles. The molecule has 0 saturated carbocycles. The fourth-order valence-electron chi connectivity index (χ4n) is 2.48. The third kappa shape index (κ3) is 3.82. The fraction of sp³-hybridized carbons (Fsp3) is 0.167. The number of benzene rings is 2. The third-order valence-corrected chi connectivity index (χ3v) is 4.10. The Labute approximate surface area is 151 Å². The molecule has 0 spiro atoms. The van der Waals surface area contributed by atoms with E-state index >= 15 is 0 Å². The zero-order valence-electron chi connectivity index (χ0n) is 13.1. The van der Waals surface area contributed by atoms with Crippen molar-refractivity contribution in [2.45, 2.75) is 6.61 Å². The monoisotopic (exact) mass is 410 g/mol. The molecule has 2 aromatic carbocycles. The van der Waals surface area contributed by atoms with Gasteiger partial charge in [0.25, 0.3) is 0 Å². The Morgan fingerprint density at radius 3 is 2.72 bits per heavy atom. The molecule has 4 nitrogen and oxygen atoms in total. The lowest BCUT2D eigenvalue weighted by Crippen LogP contribution is -2.19. The van der Waals surface area contributed by atoms with Crippen molar-refractivity contribution in [3.63, 3.8) is 0 Å². The Bertz CT molecular complexity index is 849. The van der Waals surface area contributed by atoms with Crippen LogP contribution in [0.2, 0.25) is 0 Å². The van der Waals surface area contributed by atoms with Gasteiger partial charge in [-0.1, -0.05) is 22.0 Å². The Kier molecular flexibility index (Phi) is 5.03. The standard InChI is InChI=1S/C18H13BrF2O4/c1-23-15-4-2-10(7-16(15)25-18(20)21)6-11-9-24-14-5-3-12(19)8-13(14)17(11)22/h2-8,18H,9H2,1H3/b11-6+. The van der Waals surface area contributed by atoms with Crippen LogP contribution in [-0.2, 0) is 0 Å². The average Bonchev–Trinajstić information content (AvgIpc) is 2.58. The van der Waals surface area contributed by atoms with Gasteiger partial charge in [0, 0.05) is 10.0 Å². The molecule has 0 atom stereocenters. The van der Waals surface area contributed by atoms with Gasteiger partial charge < -0.3 is 14.2 Å². The van der Waals surface area contributed by atoms with Crippen LogP contribution in [0, 0.1) is 0 Å². The maximum atomic E-state index is 12.6. The minimum atomic E-state index is -2.97. The van der Waals surface area contributed by atoms with Gasteiger partial charge in [-0.25, -0.2) is 0 Å². The molecular weight excluding hydrogens is 398 g/mol. The van der Waals surface area contributed by atoms with Gasteiger partial charge in [0.2, 0.25) is 0 Å². The van der Waals surface area contributed by atoms with Crippen LogP contribution in [0.4, 0.5) is 8.78 Å². The maximum Gasteiger partial charge on any atom is 0.387 e.